The van der Waals surface area contributed by atoms with Crippen molar-refractivity contribution in [1.82, 2.24) is 9.55 Å². The van der Waals surface area contributed by atoms with Crippen LogP contribution in [0.4, 0.5) is 4.39 Å². The SMILES string of the molecule is O=c1nc(SCc2c(F)cccc2Cl)c2c(n1Cc1ccco1)CCCC2. The first-order valence-corrected chi connectivity index (χ1v) is 10.2. The van der Waals surface area contributed by atoms with Crippen molar-refractivity contribution in [1.29, 1.82) is 0 Å². The minimum atomic E-state index is -0.338. The van der Waals surface area contributed by atoms with Crippen molar-refractivity contribution in [2.75, 3.05) is 0 Å². The fourth-order valence-corrected chi connectivity index (χ4v) is 4.82. The van der Waals surface area contributed by atoms with Gasteiger partial charge in [0.05, 0.1) is 12.8 Å². The molecule has 2 aromatic heterocycles. The van der Waals surface area contributed by atoms with E-state index in [0.717, 1.165) is 42.7 Å². The summed E-state index contributed by atoms with van der Waals surface area (Å²) in [5.41, 5.74) is 2.24. The Morgan fingerprint density at radius 1 is 1.22 bits per heavy atom. The van der Waals surface area contributed by atoms with Gasteiger partial charge in [0.1, 0.15) is 16.6 Å². The lowest BCUT2D eigenvalue weighted by Crippen LogP contribution is -2.30. The predicted octanol–water partition coefficient (Wildman–Crippen LogP) is 4.85. The van der Waals surface area contributed by atoms with Crippen LogP contribution in [0.25, 0.3) is 0 Å². The number of nitrogens with zero attached hydrogens (tertiary/aromatic N) is 2. The molecule has 140 valence electrons. The molecule has 3 aromatic rings. The highest BCUT2D eigenvalue weighted by Crippen LogP contribution is 2.32. The minimum Gasteiger partial charge on any atom is -0.467 e. The molecule has 2 heterocycles. The highest BCUT2D eigenvalue weighted by molar-refractivity contribution is 7.98. The Balaban J connectivity index is 1.67. The molecule has 27 heavy (non-hydrogen) atoms. The fourth-order valence-electron chi connectivity index (χ4n) is 3.40. The predicted molar refractivity (Wildman–Crippen MR) is 104 cm³/mol. The number of benzene rings is 1. The summed E-state index contributed by atoms with van der Waals surface area (Å²) in [5.74, 6) is 0.729. The number of fused-ring (bicyclic) bond motifs is 1. The minimum absolute atomic E-state index is 0.297. The molecule has 0 atom stereocenters. The average Bonchev–Trinajstić information content (AvgIpc) is 3.17. The molecule has 0 N–H and O–H groups in total. The van der Waals surface area contributed by atoms with E-state index < -0.39 is 0 Å². The number of hydrogen-bond acceptors (Lipinski definition) is 4. The molecule has 0 saturated carbocycles. The molecule has 0 fully saturated rings. The van der Waals surface area contributed by atoms with Gasteiger partial charge in [-0.05, 0) is 49.9 Å². The average molecular weight is 405 g/mol. The molecular formula is C20H18ClFN2O2S. The van der Waals surface area contributed by atoms with E-state index in [1.54, 1.807) is 23.0 Å². The van der Waals surface area contributed by atoms with Gasteiger partial charge in [-0.3, -0.25) is 4.57 Å². The molecule has 0 saturated heterocycles. The van der Waals surface area contributed by atoms with Crippen LogP contribution >= 0.6 is 23.4 Å². The van der Waals surface area contributed by atoms with Crippen molar-refractivity contribution in [3.8, 4) is 0 Å². The summed E-state index contributed by atoms with van der Waals surface area (Å²) < 4.78 is 21.2. The van der Waals surface area contributed by atoms with Crippen molar-refractivity contribution in [2.24, 2.45) is 0 Å². The Labute approximate surface area is 165 Å². The highest BCUT2D eigenvalue weighted by Gasteiger charge is 2.21. The maximum absolute atomic E-state index is 14.1. The summed E-state index contributed by atoms with van der Waals surface area (Å²) in [5, 5.41) is 1.08. The largest absolute Gasteiger partial charge is 0.467 e. The first-order chi connectivity index (χ1) is 13.1. The van der Waals surface area contributed by atoms with Gasteiger partial charge in [-0.25, -0.2) is 9.18 Å². The van der Waals surface area contributed by atoms with Gasteiger partial charge in [-0.1, -0.05) is 17.7 Å². The summed E-state index contributed by atoms with van der Waals surface area (Å²) in [4.78, 5) is 17.0. The second kappa shape index (κ2) is 7.90. The number of halogens is 2. The Kier molecular flexibility index (Phi) is 5.36. The van der Waals surface area contributed by atoms with E-state index >= 15 is 0 Å². The van der Waals surface area contributed by atoms with Gasteiger partial charge in [0.25, 0.3) is 0 Å². The maximum atomic E-state index is 14.1. The van der Waals surface area contributed by atoms with Crippen molar-refractivity contribution in [3.63, 3.8) is 0 Å². The normalized spacial score (nSPS) is 13.6. The molecule has 7 heteroatoms. The molecule has 1 aliphatic carbocycles. The first-order valence-electron chi connectivity index (χ1n) is 8.84. The molecule has 4 nitrogen and oxygen atoms in total. The van der Waals surface area contributed by atoms with E-state index in [-0.39, 0.29) is 11.5 Å². The van der Waals surface area contributed by atoms with Gasteiger partial charge in [0, 0.05) is 27.6 Å². The van der Waals surface area contributed by atoms with E-state index in [1.807, 2.05) is 12.1 Å². The monoisotopic (exact) mass is 404 g/mol. The Bertz CT molecular complexity index is 997. The number of furan rings is 1. The fraction of sp³-hybridized carbons (Fsp3) is 0.300. The van der Waals surface area contributed by atoms with Crippen LogP contribution in [0.3, 0.4) is 0 Å². The van der Waals surface area contributed by atoms with Crippen molar-refractivity contribution >= 4 is 23.4 Å². The number of hydrogen-bond donors (Lipinski definition) is 0. The van der Waals surface area contributed by atoms with E-state index in [1.165, 1.54) is 17.8 Å². The topological polar surface area (TPSA) is 48.0 Å². The Morgan fingerprint density at radius 3 is 2.85 bits per heavy atom. The molecule has 1 aromatic carbocycles. The molecule has 0 amide bonds. The summed E-state index contributed by atoms with van der Waals surface area (Å²) in [6, 6.07) is 8.31. The van der Waals surface area contributed by atoms with Gasteiger partial charge in [0.2, 0.25) is 0 Å². The van der Waals surface area contributed by atoms with E-state index in [2.05, 4.69) is 4.98 Å². The third-order valence-electron chi connectivity index (χ3n) is 4.76. The summed E-state index contributed by atoms with van der Waals surface area (Å²) in [6.45, 7) is 0.380. The van der Waals surface area contributed by atoms with Crippen molar-refractivity contribution in [2.45, 2.75) is 43.0 Å². The van der Waals surface area contributed by atoms with Crippen LogP contribution in [0.1, 0.15) is 35.4 Å². The van der Waals surface area contributed by atoms with Crippen LogP contribution in [0.2, 0.25) is 5.02 Å². The molecule has 0 bridgehead atoms. The summed E-state index contributed by atoms with van der Waals surface area (Å²) in [7, 11) is 0. The molecular weight excluding hydrogens is 387 g/mol. The molecule has 0 radical (unpaired) electrons. The van der Waals surface area contributed by atoms with Crippen LogP contribution in [0.5, 0.6) is 0 Å². The molecule has 4 rings (SSSR count). The smallest absolute Gasteiger partial charge is 0.349 e. The van der Waals surface area contributed by atoms with Crippen molar-refractivity contribution < 1.29 is 8.81 Å². The molecule has 0 unspecified atom stereocenters. The second-order valence-corrected chi connectivity index (χ2v) is 7.86. The summed E-state index contributed by atoms with van der Waals surface area (Å²) >= 11 is 7.50. The number of rotatable bonds is 5. The second-order valence-electron chi connectivity index (χ2n) is 6.49. The zero-order valence-electron chi connectivity index (χ0n) is 14.6. The van der Waals surface area contributed by atoms with Crippen molar-refractivity contribution in [3.05, 3.63) is 80.5 Å². The van der Waals surface area contributed by atoms with E-state index in [9.17, 15) is 9.18 Å². The first kappa shape index (κ1) is 18.3. The highest BCUT2D eigenvalue weighted by atomic mass is 35.5. The van der Waals surface area contributed by atoms with Crippen LogP contribution in [0, 0.1) is 5.82 Å². The number of thioether (sulfide) groups is 1. The quantitative estimate of drug-likeness (QED) is 0.450. The van der Waals surface area contributed by atoms with Gasteiger partial charge >= 0.3 is 5.69 Å². The Hall–Kier alpha value is -2.05. The lowest BCUT2D eigenvalue weighted by Gasteiger charge is -2.22. The molecule has 1 aliphatic rings. The van der Waals surface area contributed by atoms with Gasteiger partial charge in [-0.2, -0.15) is 4.98 Å². The van der Waals surface area contributed by atoms with Gasteiger partial charge < -0.3 is 4.42 Å². The lowest BCUT2D eigenvalue weighted by molar-refractivity contribution is 0.471. The van der Waals surface area contributed by atoms with E-state index in [4.69, 9.17) is 16.0 Å². The molecule has 0 aliphatic heterocycles. The third kappa shape index (κ3) is 3.82. The zero-order chi connectivity index (χ0) is 18.8. The molecule has 0 spiro atoms. The van der Waals surface area contributed by atoms with E-state index in [0.29, 0.717) is 27.9 Å². The zero-order valence-corrected chi connectivity index (χ0v) is 16.2. The Morgan fingerprint density at radius 2 is 2.07 bits per heavy atom. The third-order valence-corrected chi connectivity index (χ3v) is 6.16. The lowest BCUT2D eigenvalue weighted by atomic mass is 9.97. The van der Waals surface area contributed by atoms with Crippen LogP contribution < -0.4 is 5.69 Å². The number of aromatic nitrogens is 2. The van der Waals surface area contributed by atoms with Crippen LogP contribution in [0.15, 0.2) is 50.8 Å². The summed E-state index contributed by atoms with van der Waals surface area (Å²) in [6.07, 6.45) is 5.40. The van der Waals surface area contributed by atoms with Crippen LogP contribution in [-0.2, 0) is 25.1 Å². The van der Waals surface area contributed by atoms with Gasteiger partial charge in [0.15, 0.2) is 0 Å². The van der Waals surface area contributed by atoms with Gasteiger partial charge in [-0.15, -0.1) is 11.8 Å². The van der Waals surface area contributed by atoms with Crippen LogP contribution in [-0.4, -0.2) is 9.55 Å². The standard InChI is InChI=1S/C20H18ClFN2O2S/c21-16-7-3-8-17(22)15(16)12-27-19-14-6-1-2-9-18(14)24(20(25)23-19)11-13-5-4-10-26-13/h3-5,7-8,10H,1-2,6,9,11-12H2. The maximum Gasteiger partial charge on any atom is 0.349 e.